The van der Waals surface area contributed by atoms with Crippen LogP contribution in [0.1, 0.15) is 28.9 Å². The molecule has 3 rings (SSSR count). The fraction of sp³-hybridized carbons (Fsp3) is 0.550. The summed E-state index contributed by atoms with van der Waals surface area (Å²) in [5, 5.41) is 8.82. The normalized spacial score (nSPS) is 23.9. The topological polar surface area (TPSA) is 133 Å². The number of rotatable bonds is 5. The van der Waals surface area contributed by atoms with E-state index < -0.39 is 21.6 Å². The third-order valence-corrected chi connectivity index (χ3v) is 7.63. The number of nitriles is 1. The van der Waals surface area contributed by atoms with Crippen LogP contribution < -0.4 is 0 Å². The number of hydrogen-bond acceptors (Lipinski definition) is 7. The first kappa shape index (κ1) is 22.8. The molecule has 0 bridgehead atoms. The summed E-state index contributed by atoms with van der Waals surface area (Å²) in [6.45, 7) is 1.66. The lowest BCUT2D eigenvalue weighted by Crippen LogP contribution is -2.33. The summed E-state index contributed by atoms with van der Waals surface area (Å²) < 4.78 is 22.2. The van der Waals surface area contributed by atoms with Crippen LogP contribution in [0.15, 0.2) is 22.7 Å². The zero-order valence-electron chi connectivity index (χ0n) is 17.4. The van der Waals surface area contributed by atoms with Crippen LogP contribution in [0.4, 0.5) is 0 Å². The highest BCUT2D eigenvalue weighted by Crippen LogP contribution is 2.21. The second-order valence-corrected chi connectivity index (χ2v) is 10.1. The van der Waals surface area contributed by atoms with Crippen LogP contribution in [0, 0.1) is 17.2 Å². The van der Waals surface area contributed by atoms with E-state index in [0.717, 1.165) is 0 Å². The highest BCUT2D eigenvalue weighted by molar-refractivity contribution is 7.93. The fourth-order valence-corrected chi connectivity index (χ4v) is 5.55. The van der Waals surface area contributed by atoms with E-state index in [1.165, 1.54) is 18.3 Å². The van der Waals surface area contributed by atoms with Gasteiger partial charge in [0, 0.05) is 57.4 Å². The maximum Gasteiger partial charge on any atom is 0.259 e. The van der Waals surface area contributed by atoms with Gasteiger partial charge in [0.1, 0.15) is 11.8 Å². The van der Waals surface area contributed by atoms with Gasteiger partial charge in [0.15, 0.2) is 0 Å². The van der Waals surface area contributed by atoms with Gasteiger partial charge in [-0.1, -0.05) is 0 Å². The average Bonchev–Trinajstić information content (AvgIpc) is 3.03. The van der Waals surface area contributed by atoms with Crippen LogP contribution >= 0.6 is 0 Å². The molecule has 2 aliphatic rings. The van der Waals surface area contributed by atoms with Crippen molar-refractivity contribution in [3.05, 3.63) is 29.6 Å². The van der Waals surface area contributed by atoms with Crippen LogP contribution in [0.25, 0.3) is 0 Å². The summed E-state index contributed by atoms with van der Waals surface area (Å²) in [4.78, 5) is 44.4. The third kappa shape index (κ3) is 5.65. The van der Waals surface area contributed by atoms with Crippen LogP contribution in [0.5, 0.6) is 0 Å². The minimum atomic E-state index is -2.81. The summed E-state index contributed by atoms with van der Waals surface area (Å²) in [5.41, 5.74) is 0.569. The Morgan fingerprint density at radius 1 is 1.35 bits per heavy atom. The smallest absolute Gasteiger partial charge is 0.259 e. The van der Waals surface area contributed by atoms with Crippen molar-refractivity contribution >= 4 is 27.5 Å². The lowest BCUT2D eigenvalue weighted by atomic mass is 10.1. The summed E-state index contributed by atoms with van der Waals surface area (Å²) in [6, 6.07) is 4.91. The first-order chi connectivity index (χ1) is 14.8. The van der Waals surface area contributed by atoms with E-state index in [-0.39, 0.29) is 48.5 Å². The quantitative estimate of drug-likeness (QED) is 0.633. The SMILES string of the molecule is COCCN1CC(C(=O)N=S2(=O)CCCN(C(=O)c3ccc(C#N)nc3)CC2)CC1=O. The summed E-state index contributed by atoms with van der Waals surface area (Å²) in [6.07, 6.45) is 1.87. The lowest BCUT2D eigenvalue weighted by molar-refractivity contribution is -0.128. The van der Waals surface area contributed by atoms with Crippen molar-refractivity contribution in [2.75, 3.05) is 51.4 Å². The van der Waals surface area contributed by atoms with E-state index in [1.807, 2.05) is 6.07 Å². The molecule has 166 valence electrons. The predicted molar refractivity (Wildman–Crippen MR) is 111 cm³/mol. The second kappa shape index (κ2) is 9.98. The molecular formula is C20H25N5O5S. The van der Waals surface area contributed by atoms with Gasteiger partial charge in [-0.05, 0) is 18.6 Å². The Hall–Kier alpha value is -2.84. The zero-order valence-corrected chi connectivity index (χ0v) is 18.2. The summed E-state index contributed by atoms with van der Waals surface area (Å²) >= 11 is 0. The minimum absolute atomic E-state index is 0.0673. The molecule has 2 unspecified atom stereocenters. The van der Waals surface area contributed by atoms with Crippen molar-refractivity contribution in [3.8, 4) is 6.07 Å². The molecule has 1 aromatic rings. The van der Waals surface area contributed by atoms with Crippen molar-refractivity contribution in [3.63, 3.8) is 0 Å². The first-order valence-corrected chi connectivity index (χ1v) is 11.9. The molecule has 11 heteroatoms. The third-order valence-electron chi connectivity index (χ3n) is 5.37. The summed E-state index contributed by atoms with van der Waals surface area (Å²) in [5.74, 6) is -1.16. The van der Waals surface area contributed by atoms with Crippen LogP contribution in [-0.4, -0.2) is 88.1 Å². The zero-order chi connectivity index (χ0) is 22.4. The number of amides is 3. The number of carbonyl (C=O) groups is 3. The molecular weight excluding hydrogens is 422 g/mol. The number of hydrogen-bond donors (Lipinski definition) is 0. The molecule has 0 radical (unpaired) electrons. The van der Waals surface area contributed by atoms with Crippen molar-refractivity contribution in [2.45, 2.75) is 12.8 Å². The molecule has 0 saturated carbocycles. The Kier molecular flexibility index (Phi) is 7.35. The van der Waals surface area contributed by atoms with E-state index in [9.17, 15) is 18.6 Å². The molecule has 0 N–H and O–H groups in total. The van der Waals surface area contributed by atoms with Crippen molar-refractivity contribution < 1.29 is 23.3 Å². The first-order valence-electron chi connectivity index (χ1n) is 10.0. The Labute approximate surface area is 181 Å². The maximum atomic E-state index is 13.2. The van der Waals surface area contributed by atoms with Gasteiger partial charge in [0.05, 0.1) is 27.8 Å². The average molecular weight is 448 g/mol. The van der Waals surface area contributed by atoms with Gasteiger partial charge < -0.3 is 14.5 Å². The number of methoxy groups -OCH3 is 1. The Bertz CT molecular complexity index is 1010. The second-order valence-electron chi connectivity index (χ2n) is 7.53. The fourth-order valence-electron chi connectivity index (χ4n) is 3.60. The number of aromatic nitrogens is 1. The van der Waals surface area contributed by atoms with E-state index in [0.29, 0.717) is 31.7 Å². The van der Waals surface area contributed by atoms with Crippen molar-refractivity contribution in [1.82, 2.24) is 14.8 Å². The number of nitrogens with zero attached hydrogens (tertiary/aromatic N) is 5. The van der Waals surface area contributed by atoms with Crippen LogP contribution in [-0.2, 0) is 24.1 Å². The Balaban J connectivity index is 1.64. The van der Waals surface area contributed by atoms with Gasteiger partial charge in [0.2, 0.25) is 5.91 Å². The minimum Gasteiger partial charge on any atom is -0.383 e. The van der Waals surface area contributed by atoms with Gasteiger partial charge in [0.25, 0.3) is 11.8 Å². The molecule has 2 fully saturated rings. The highest BCUT2D eigenvalue weighted by Gasteiger charge is 2.35. The molecule has 31 heavy (non-hydrogen) atoms. The number of ether oxygens (including phenoxy) is 1. The van der Waals surface area contributed by atoms with Crippen molar-refractivity contribution in [1.29, 1.82) is 5.26 Å². The molecule has 0 aromatic carbocycles. The van der Waals surface area contributed by atoms with E-state index >= 15 is 0 Å². The van der Waals surface area contributed by atoms with Crippen molar-refractivity contribution in [2.24, 2.45) is 10.3 Å². The molecule has 3 heterocycles. The molecule has 0 spiro atoms. The molecule has 0 aliphatic carbocycles. The number of pyridine rings is 1. The standard InChI is InChI=1S/C20H25N5O5S/c1-30-8-6-25-14-16(11-18(25)26)19(27)23-31(29)9-2-5-24(7-10-31)20(28)15-3-4-17(12-21)22-13-15/h3-4,13,16H,2,5-11,14H2,1H3. The number of carbonyl (C=O) groups excluding carboxylic acids is 3. The van der Waals surface area contributed by atoms with E-state index in [4.69, 9.17) is 10.00 Å². The Morgan fingerprint density at radius 2 is 2.16 bits per heavy atom. The molecule has 2 atom stereocenters. The molecule has 3 amide bonds. The largest absolute Gasteiger partial charge is 0.383 e. The van der Waals surface area contributed by atoms with E-state index in [1.54, 1.807) is 16.9 Å². The molecule has 1 aromatic heterocycles. The predicted octanol–water partition coefficient (Wildman–Crippen LogP) is 0.289. The Morgan fingerprint density at radius 3 is 2.84 bits per heavy atom. The maximum absolute atomic E-state index is 13.2. The van der Waals surface area contributed by atoms with Gasteiger partial charge in [-0.2, -0.15) is 9.62 Å². The van der Waals surface area contributed by atoms with Gasteiger partial charge in [-0.25, -0.2) is 9.19 Å². The molecule has 2 aliphatic heterocycles. The van der Waals surface area contributed by atoms with Gasteiger partial charge in [-0.3, -0.25) is 14.4 Å². The molecule has 2 saturated heterocycles. The van der Waals surface area contributed by atoms with Crippen LogP contribution in [0.3, 0.4) is 0 Å². The van der Waals surface area contributed by atoms with Gasteiger partial charge in [-0.15, -0.1) is 0 Å². The lowest BCUT2D eigenvalue weighted by Gasteiger charge is -2.19. The van der Waals surface area contributed by atoms with Gasteiger partial charge >= 0.3 is 0 Å². The monoisotopic (exact) mass is 447 g/mol. The van der Waals surface area contributed by atoms with E-state index in [2.05, 4.69) is 9.35 Å². The molecule has 10 nitrogen and oxygen atoms in total. The highest BCUT2D eigenvalue weighted by atomic mass is 32.2. The summed E-state index contributed by atoms with van der Waals surface area (Å²) in [7, 11) is -1.26. The van der Waals surface area contributed by atoms with Crippen LogP contribution in [0.2, 0.25) is 0 Å². The number of likely N-dealkylation sites (tertiary alicyclic amines) is 1.